The van der Waals surface area contributed by atoms with E-state index in [1.165, 1.54) is 0 Å². The van der Waals surface area contributed by atoms with E-state index in [-0.39, 0.29) is 5.92 Å². The van der Waals surface area contributed by atoms with Gasteiger partial charge in [0, 0.05) is 12.8 Å². The third-order valence-corrected chi connectivity index (χ3v) is 3.87. The van der Waals surface area contributed by atoms with E-state index in [0.29, 0.717) is 25.6 Å². The standard InChI is InChI=1S/C10H16O4.C6H4F2/c1-7-4-8(9(11)12)6-10(5-7)13-2-3-14-10;7-5-1-2-6(8)4-3-5/h7-8H,2-6H2,1H3,(H,11,12);1-4H. The molecule has 2 unspecified atom stereocenters. The summed E-state index contributed by atoms with van der Waals surface area (Å²) in [6, 6.07) is 4.31. The van der Waals surface area contributed by atoms with Crippen LogP contribution >= 0.6 is 0 Å². The Balaban J connectivity index is 0.000000188. The van der Waals surface area contributed by atoms with Crippen molar-refractivity contribution in [2.24, 2.45) is 11.8 Å². The van der Waals surface area contributed by atoms with E-state index in [0.717, 1.165) is 37.1 Å². The highest BCUT2D eigenvalue weighted by Crippen LogP contribution is 2.41. The second kappa shape index (κ2) is 7.15. The molecule has 2 atom stereocenters. The van der Waals surface area contributed by atoms with Gasteiger partial charge in [0.25, 0.3) is 0 Å². The highest BCUT2D eigenvalue weighted by molar-refractivity contribution is 5.70. The van der Waals surface area contributed by atoms with Crippen LogP contribution in [0.5, 0.6) is 0 Å². The molecule has 122 valence electrons. The average Bonchev–Trinajstić information content (AvgIpc) is 2.89. The lowest BCUT2D eigenvalue weighted by Crippen LogP contribution is -2.41. The van der Waals surface area contributed by atoms with Gasteiger partial charge >= 0.3 is 5.97 Å². The van der Waals surface area contributed by atoms with Gasteiger partial charge in [0.1, 0.15) is 11.6 Å². The van der Waals surface area contributed by atoms with Gasteiger partial charge in [0.05, 0.1) is 19.1 Å². The fourth-order valence-corrected chi connectivity index (χ4v) is 2.99. The molecule has 6 heteroatoms. The lowest BCUT2D eigenvalue weighted by Gasteiger charge is -2.37. The number of halogens is 2. The number of carboxylic acid groups (broad SMARTS) is 1. The molecule has 1 aliphatic heterocycles. The number of ether oxygens (including phenoxy) is 2. The summed E-state index contributed by atoms with van der Waals surface area (Å²) in [6.07, 6.45) is 2.08. The summed E-state index contributed by atoms with van der Waals surface area (Å²) in [5.74, 6) is -2.08. The minimum Gasteiger partial charge on any atom is -0.481 e. The maximum atomic E-state index is 11.9. The van der Waals surface area contributed by atoms with Crippen molar-refractivity contribution in [3.63, 3.8) is 0 Å². The molecule has 2 aliphatic rings. The lowest BCUT2D eigenvalue weighted by atomic mass is 9.78. The molecule has 0 radical (unpaired) electrons. The van der Waals surface area contributed by atoms with Crippen molar-refractivity contribution in [3.8, 4) is 0 Å². The first kappa shape index (κ1) is 16.8. The van der Waals surface area contributed by atoms with E-state index in [1.54, 1.807) is 0 Å². The summed E-state index contributed by atoms with van der Waals surface area (Å²) in [7, 11) is 0. The minimum absolute atomic E-state index is 0.308. The molecule has 2 fully saturated rings. The molecule has 1 aromatic rings. The van der Waals surface area contributed by atoms with Crippen LogP contribution in [0.15, 0.2) is 24.3 Å². The van der Waals surface area contributed by atoms with Crippen LogP contribution in [-0.2, 0) is 14.3 Å². The van der Waals surface area contributed by atoms with Gasteiger partial charge in [-0.15, -0.1) is 0 Å². The molecule has 22 heavy (non-hydrogen) atoms. The zero-order chi connectivity index (χ0) is 16.2. The first-order valence-corrected chi connectivity index (χ1v) is 7.32. The lowest BCUT2D eigenvalue weighted by molar-refractivity contribution is -0.201. The predicted octanol–water partition coefficient (Wildman–Crippen LogP) is 3.22. The molecule has 1 aliphatic carbocycles. The minimum atomic E-state index is -0.727. The second-order valence-corrected chi connectivity index (χ2v) is 5.83. The Labute approximate surface area is 128 Å². The molecule has 1 spiro atoms. The van der Waals surface area contributed by atoms with Crippen LogP contribution in [0, 0.1) is 23.5 Å². The number of carboxylic acids is 1. The molecule has 0 amide bonds. The normalized spacial score (nSPS) is 26.3. The van der Waals surface area contributed by atoms with Crippen LogP contribution in [0.3, 0.4) is 0 Å². The molecule has 3 rings (SSSR count). The Morgan fingerprint density at radius 3 is 2.09 bits per heavy atom. The maximum Gasteiger partial charge on any atom is 0.306 e. The van der Waals surface area contributed by atoms with E-state index in [4.69, 9.17) is 14.6 Å². The summed E-state index contributed by atoms with van der Waals surface area (Å²) in [5.41, 5.74) is 0. The van der Waals surface area contributed by atoms with Crippen molar-refractivity contribution in [1.82, 2.24) is 0 Å². The van der Waals surface area contributed by atoms with Gasteiger partial charge in [-0.3, -0.25) is 4.79 Å². The molecule has 1 saturated heterocycles. The molecular weight excluding hydrogens is 294 g/mol. The van der Waals surface area contributed by atoms with Crippen molar-refractivity contribution in [2.45, 2.75) is 32.0 Å². The first-order chi connectivity index (χ1) is 10.4. The summed E-state index contributed by atoms with van der Waals surface area (Å²) >= 11 is 0. The summed E-state index contributed by atoms with van der Waals surface area (Å²) in [5, 5.41) is 8.99. The smallest absolute Gasteiger partial charge is 0.306 e. The van der Waals surface area contributed by atoms with Gasteiger partial charge < -0.3 is 14.6 Å². The third kappa shape index (κ3) is 4.48. The molecule has 4 nitrogen and oxygen atoms in total. The zero-order valence-corrected chi connectivity index (χ0v) is 12.4. The van der Waals surface area contributed by atoms with E-state index in [9.17, 15) is 13.6 Å². The van der Waals surface area contributed by atoms with Crippen LogP contribution in [-0.4, -0.2) is 30.1 Å². The monoisotopic (exact) mass is 314 g/mol. The topological polar surface area (TPSA) is 55.8 Å². The molecule has 1 heterocycles. The highest BCUT2D eigenvalue weighted by Gasteiger charge is 2.45. The Morgan fingerprint density at radius 1 is 1.14 bits per heavy atom. The Bertz CT molecular complexity index is 476. The SMILES string of the molecule is CC1CC(C(=O)O)CC2(C1)OCCO2.Fc1ccc(F)cc1. The van der Waals surface area contributed by atoms with Crippen LogP contribution in [0.4, 0.5) is 8.78 Å². The van der Waals surface area contributed by atoms with Crippen LogP contribution < -0.4 is 0 Å². The van der Waals surface area contributed by atoms with E-state index in [1.807, 2.05) is 0 Å². The number of hydrogen-bond acceptors (Lipinski definition) is 3. The summed E-state index contributed by atoms with van der Waals surface area (Å²) in [4.78, 5) is 10.9. The van der Waals surface area contributed by atoms with E-state index >= 15 is 0 Å². The quantitative estimate of drug-likeness (QED) is 0.865. The second-order valence-electron chi connectivity index (χ2n) is 5.83. The average molecular weight is 314 g/mol. The molecule has 1 aromatic carbocycles. The van der Waals surface area contributed by atoms with Gasteiger partial charge in [-0.25, -0.2) is 8.78 Å². The van der Waals surface area contributed by atoms with Gasteiger partial charge in [0.15, 0.2) is 5.79 Å². The van der Waals surface area contributed by atoms with Crippen molar-refractivity contribution >= 4 is 5.97 Å². The van der Waals surface area contributed by atoms with Gasteiger partial charge in [-0.2, -0.15) is 0 Å². The fourth-order valence-electron chi connectivity index (χ4n) is 2.99. The number of hydrogen-bond donors (Lipinski definition) is 1. The summed E-state index contributed by atoms with van der Waals surface area (Å²) < 4.78 is 34.9. The van der Waals surface area contributed by atoms with Crippen molar-refractivity contribution in [2.75, 3.05) is 13.2 Å². The Kier molecular flexibility index (Phi) is 5.47. The van der Waals surface area contributed by atoms with Crippen molar-refractivity contribution < 1.29 is 28.2 Å². The number of rotatable bonds is 1. The maximum absolute atomic E-state index is 11.9. The van der Waals surface area contributed by atoms with Crippen molar-refractivity contribution in [3.05, 3.63) is 35.9 Å². The van der Waals surface area contributed by atoms with E-state index < -0.39 is 23.4 Å². The molecule has 1 N–H and O–H groups in total. The fraction of sp³-hybridized carbons (Fsp3) is 0.562. The van der Waals surface area contributed by atoms with Crippen LogP contribution in [0.1, 0.15) is 26.2 Å². The van der Waals surface area contributed by atoms with Crippen molar-refractivity contribution in [1.29, 1.82) is 0 Å². The molecule has 0 bridgehead atoms. The molecule has 0 aromatic heterocycles. The van der Waals surface area contributed by atoms with Gasteiger partial charge in [0.2, 0.25) is 0 Å². The van der Waals surface area contributed by atoms with Gasteiger partial charge in [-0.05, 0) is 36.6 Å². The molecule has 1 saturated carbocycles. The van der Waals surface area contributed by atoms with Crippen LogP contribution in [0.2, 0.25) is 0 Å². The third-order valence-electron chi connectivity index (χ3n) is 3.87. The Hall–Kier alpha value is -1.53. The van der Waals surface area contributed by atoms with E-state index in [2.05, 4.69) is 6.92 Å². The highest BCUT2D eigenvalue weighted by atomic mass is 19.1. The van der Waals surface area contributed by atoms with Gasteiger partial charge in [-0.1, -0.05) is 6.92 Å². The summed E-state index contributed by atoms with van der Waals surface area (Å²) in [6.45, 7) is 3.25. The number of carbonyl (C=O) groups is 1. The Morgan fingerprint density at radius 2 is 1.64 bits per heavy atom. The number of benzene rings is 1. The number of aliphatic carboxylic acids is 1. The molecular formula is C16H20F2O4. The largest absolute Gasteiger partial charge is 0.481 e. The van der Waals surface area contributed by atoms with Crippen LogP contribution in [0.25, 0.3) is 0 Å². The first-order valence-electron chi connectivity index (χ1n) is 7.32. The predicted molar refractivity (Wildman–Crippen MR) is 75.1 cm³/mol. The zero-order valence-electron chi connectivity index (χ0n) is 12.4.